The first kappa shape index (κ1) is 19.9. The van der Waals surface area contributed by atoms with Gasteiger partial charge in [-0.3, -0.25) is 0 Å². The fourth-order valence-electron chi connectivity index (χ4n) is 4.21. The van der Waals surface area contributed by atoms with Gasteiger partial charge in [0.05, 0.1) is 19.8 Å². The van der Waals surface area contributed by atoms with Gasteiger partial charge in [-0.15, -0.1) is 0 Å². The number of quaternary nitrogens is 1. The summed E-state index contributed by atoms with van der Waals surface area (Å²) in [5.74, 6) is 1.49. The van der Waals surface area contributed by atoms with Gasteiger partial charge in [-0.1, -0.05) is 44.2 Å². The van der Waals surface area contributed by atoms with Gasteiger partial charge in [-0.25, -0.2) is 0 Å². The van der Waals surface area contributed by atoms with Crippen molar-refractivity contribution < 1.29 is 14.8 Å². The average molecular weight is 369 g/mol. The van der Waals surface area contributed by atoms with Gasteiger partial charge in [0.15, 0.2) is 0 Å². The fraction of sp³-hybridized carbons (Fsp3) is 0.500. The minimum Gasteiger partial charge on any atom is -0.497 e. The van der Waals surface area contributed by atoms with Gasteiger partial charge >= 0.3 is 0 Å². The second kappa shape index (κ2) is 9.38. The van der Waals surface area contributed by atoms with Crippen LogP contribution in [0.2, 0.25) is 0 Å². The van der Waals surface area contributed by atoms with Crippen LogP contribution in [0.3, 0.4) is 0 Å². The van der Waals surface area contributed by atoms with E-state index in [0.29, 0.717) is 12.0 Å². The third-order valence-corrected chi connectivity index (χ3v) is 6.00. The first-order valence-corrected chi connectivity index (χ1v) is 10.2. The molecule has 0 saturated carbocycles. The van der Waals surface area contributed by atoms with Gasteiger partial charge in [-0.2, -0.15) is 0 Å². The lowest BCUT2D eigenvalue weighted by Crippen LogP contribution is -2.83. The van der Waals surface area contributed by atoms with E-state index < -0.39 is 0 Å². The van der Waals surface area contributed by atoms with Crippen molar-refractivity contribution in [2.75, 3.05) is 20.3 Å². The number of hydrogen-bond acceptors (Lipinski definition) is 2. The number of ether oxygens (including phenoxy) is 2. The Hall–Kier alpha value is -1.84. The number of hydrogen-bond donors (Lipinski definition) is 1. The molecule has 0 unspecified atom stereocenters. The van der Waals surface area contributed by atoms with E-state index in [1.54, 1.807) is 7.11 Å². The summed E-state index contributed by atoms with van der Waals surface area (Å²) in [4.78, 5) is 0. The fourth-order valence-corrected chi connectivity index (χ4v) is 4.21. The predicted molar refractivity (Wildman–Crippen MR) is 110 cm³/mol. The van der Waals surface area contributed by atoms with Crippen molar-refractivity contribution in [3.63, 3.8) is 0 Å². The Morgan fingerprint density at radius 3 is 2.52 bits per heavy atom. The van der Waals surface area contributed by atoms with E-state index in [1.165, 1.54) is 17.5 Å². The maximum absolute atomic E-state index is 6.09. The average Bonchev–Trinajstić information content (AvgIpc) is 2.72. The molecule has 0 amide bonds. The summed E-state index contributed by atoms with van der Waals surface area (Å²) in [7, 11) is 1.71. The van der Waals surface area contributed by atoms with Gasteiger partial charge < -0.3 is 14.8 Å². The molecule has 0 bridgehead atoms. The second-order valence-electron chi connectivity index (χ2n) is 8.13. The molecule has 1 aliphatic rings. The van der Waals surface area contributed by atoms with Crippen LogP contribution >= 0.6 is 0 Å². The van der Waals surface area contributed by atoms with E-state index in [0.717, 1.165) is 38.3 Å². The first-order chi connectivity index (χ1) is 13.1. The molecule has 2 aromatic rings. The van der Waals surface area contributed by atoms with Crippen LogP contribution in [0.25, 0.3) is 0 Å². The molecule has 3 nitrogen and oxygen atoms in total. The molecule has 27 heavy (non-hydrogen) atoms. The Labute approximate surface area is 164 Å². The molecule has 3 heteroatoms. The zero-order valence-corrected chi connectivity index (χ0v) is 17.0. The molecule has 2 atom stereocenters. The largest absolute Gasteiger partial charge is 0.497 e. The molecular weight excluding hydrogens is 334 g/mol. The van der Waals surface area contributed by atoms with Gasteiger partial charge in [0, 0.05) is 24.0 Å². The molecule has 146 valence electrons. The summed E-state index contributed by atoms with van der Waals surface area (Å²) in [6.45, 7) is 7.57. The van der Waals surface area contributed by atoms with E-state index in [2.05, 4.69) is 61.6 Å². The van der Waals surface area contributed by atoms with Gasteiger partial charge in [0.2, 0.25) is 0 Å². The van der Waals surface area contributed by atoms with Crippen molar-refractivity contribution in [3.05, 3.63) is 65.7 Å². The summed E-state index contributed by atoms with van der Waals surface area (Å²) in [6.07, 6.45) is 3.81. The highest BCUT2D eigenvalue weighted by Crippen LogP contribution is 2.41. The van der Waals surface area contributed by atoms with Crippen molar-refractivity contribution in [1.29, 1.82) is 0 Å². The minimum absolute atomic E-state index is 0.241. The number of benzene rings is 2. The first-order valence-electron chi connectivity index (χ1n) is 10.2. The number of rotatable bonds is 8. The molecule has 2 aromatic carbocycles. The lowest BCUT2D eigenvalue weighted by atomic mass is 9.68. The smallest absolute Gasteiger partial charge is 0.118 e. The van der Waals surface area contributed by atoms with Gasteiger partial charge in [0.25, 0.3) is 0 Å². The van der Waals surface area contributed by atoms with Crippen LogP contribution < -0.4 is 10.1 Å². The zero-order chi connectivity index (χ0) is 19.1. The molecule has 0 aromatic heterocycles. The highest BCUT2D eigenvalue weighted by atomic mass is 16.5. The summed E-state index contributed by atoms with van der Waals surface area (Å²) < 4.78 is 11.3. The minimum atomic E-state index is 0.241. The maximum atomic E-state index is 6.09. The van der Waals surface area contributed by atoms with E-state index in [9.17, 15) is 0 Å². The van der Waals surface area contributed by atoms with Gasteiger partial charge in [0.1, 0.15) is 12.3 Å². The molecule has 0 radical (unpaired) electrons. The van der Waals surface area contributed by atoms with Crippen molar-refractivity contribution in [2.24, 2.45) is 5.92 Å². The van der Waals surface area contributed by atoms with Crippen molar-refractivity contribution in [2.45, 2.75) is 51.2 Å². The van der Waals surface area contributed by atoms with Crippen molar-refractivity contribution >= 4 is 0 Å². The van der Waals surface area contributed by atoms with Crippen LogP contribution in [0.5, 0.6) is 5.75 Å². The molecule has 0 spiro atoms. The number of nitrogens with two attached hydrogens (primary N) is 1. The third kappa shape index (κ3) is 5.12. The summed E-state index contributed by atoms with van der Waals surface area (Å²) in [5, 5.41) is 2.44. The Bertz CT molecular complexity index is 683. The molecule has 0 aliphatic carbocycles. The summed E-state index contributed by atoms with van der Waals surface area (Å²) in [6, 6.07) is 19.5. The second-order valence-corrected chi connectivity index (χ2v) is 8.13. The Morgan fingerprint density at radius 2 is 1.85 bits per heavy atom. The molecule has 1 fully saturated rings. The summed E-state index contributed by atoms with van der Waals surface area (Å²) in [5.41, 5.74) is 3.07. The van der Waals surface area contributed by atoms with Crippen LogP contribution in [0.15, 0.2) is 54.6 Å². The summed E-state index contributed by atoms with van der Waals surface area (Å²) >= 11 is 0. The van der Waals surface area contributed by atoms with Crippen LogP contribution in [-0.2, 0) is 16.7 Å². The normalized spacial score (nSPS) is 22.7. The maximum Gasteiger partial charge on any atom is 0.118 e. The predicted octanol–water partition coefficient (Wildman–Crippen LogP) is 3.92. The molecular formula is C24H34NO2+. The van der Waals surface area contributed by atoms with Gasteiger partial charge in [-0.05, 0) is 48.6 Å². The Kier molecular flexibility index (Phi) is 6.92. The van der Waals surface area contributed by atoms with Crippen molar-refractivity contribution in [3.8, 4) is 5.75 Å². The molecule has 1 heterocycles. The third-order valence-electron chi connectivity index (χ3n) is 6.00. The van der Waals surface area contributed by atoms with E-state index in [-0.39, 0.29) is 5.41 Å². The molecule has 1 saturated heterocycles. The molecule has 3 rings (SSSR count). The standard InChI is InChI=1S/C24H33NO2/c1-19(2)23-17-24(14-16-27-23,21-7-5-4-6-8-21)13-15-25-18-20-9-11-22(26-3)12-10-20/h4-12,19,23,25H,13-18H2,1-3H3/p+1/t23-,24-/m0/s1. The van der Waals surface area contributed by atoms with Crippen LogP contribution in [0.4, 0.5) is 0 Å². The van der Waals surface area contributed by atoms with E-state index >= 15 is 0 Å². The lowest BCUT2D eigenvalue weighted by Gasteiger charge is -2.42. The van der Waals surface area contributed by atoms with Crippen molar-refractivity contribution in [1.82, 2.24) is 0 Å². The molecule has 2 N–H and O–H groups in total. The SMILES string of the molecule is COc1ccc(C[NH2+]CC[C@]2(c3ccccc3)CCO[C@H](C(C)C)C2)cc1. The van der Waals surface area contributed by atoms with Crippen LogP contribution in [0, 0.1) is 5.92 Å². The zero-order valence-electron chi connectivity index (χ0n) is 17.0. The topological polar surface area (TPSA) is 35.1 Å². The highest BCUT2D eigenvalue weighted by Gasteiger charge is 2.39. The van der Waals surface area contributed by atoms with E-state index in [4.69, 9.17) is 9.47 Å². The van der Waals surface area contributed by atoms with Crippen LogP contribution in [0.1, 0.15) is 44.2 Å². The van der Waals surface area contributed by atoms with Crippen LogP contribution in [-0.4, -0.2) is 26.4 Å². The highest BCUT2D eigenvalue weighted by molar-refractivity contribution is 5.27. The quantitative estimate of drug-likeness (QED) is 0.717. The Morgan fingerprint density at radius 1 is 1.11 bits per heavy atom. The number of methoxy groups -OCH3 is 1. The van der Waals surface area contributed by atoms with E-state index in [1.807, 2.05) is 12.1 Å². The monoisotopic (exact) mass is 368 g/mol. The Balaban J connectivity index is 1.63. The lowest BCUT2D eigenvalue weighted by molar-refractivity contribution is -0.671. The molecule has 1 aliphatic heterocycles.